The van der Waals surface area contributed by atoms with Crippen molar-refractivity contribution in [2.24, 2.45) is 0 Å². The predicted molar refractivity (Wildman–Crippen MR) is 145 cm³/mol. The highest BCUT2D eigenvalue weighted by Crippen LogP contribution is 2.40. The molecular weight excluding hydrogens is 416 g/mol. The molecule has 7 aromatic rings. The summed E-state index contributed by atoms with van der Waals surface area (Å²) in [7, 11) is 0. The Hall–Kier alpha value is -3.94. The van der Waals surface area contributed by atoms with Gasteiger partial charge in [-0.05, 0) is 80.2 Å². The molecule has 7 rings (SSSR count). The van der Waals surface area contributed by atoms with Gasteiger partial charge in [0.1, 0.15) is 0 Å². The Kier molecular flexibility index (Phi) is 4.12. The predicted octanol–water partition coefficient (Wildman–Crippen LogP) is 9.69. The summed E-state index contributed by atoms with van der Waals surface area (Å²) in [6.45, 7) is 0. The molecule has 1 heterocycles. The van der Waals surface area contributed by atoms with Gasteiger partial charge in [0, 0.05) is 20.2 Å². The van der Waals surface area contributed by atoms with Gasteiger partial charge in [0.2, 0.25) is 0 Å². The number of rotatable bonds is 2. The zero-order chi connectivity index (χ0) is 21.8. The minimum absolute atomic E-state index is 1.26. The molecule has 6 aromatic carbocycles. The van der Waals surface area contributed by atoms with Crippen LogP contribution in [0.2, 0.25) is 0 Å². The number of benzene rings is 6. The van der Waals surface area contributed by atoms with E-state index >= 15 is 0 Å². The Morgan fingerprint density at radius 1 is 0.333 bits per heavy atom. The van der Waals surface area contributed by atoms with E-state index in [1.165, 1.54) is 64.0 Å². The molecule has 33 heavy (non-hydrogen) atoms. The van der Waals surface area contributed by atoms with Crippen molar-refractivity contribution in [2.75, 3.05) is 0 Å². The molecule has 0 spiro atoms. The van der Waals surface area contributed by atoms with Gasteiger partial charge in [-0.15, -0.1) is 11.3 Å². The lowest BCUT2D eigenvalue weighted by Crippen LogP contribution is -1.80. The average molecular weight is 437 g/mol. The van der Waals surface area contributed by atoms with Crippen LogP contribution in [0.1, 0.15) is 0 Å². The van der Waals surface area contributed by atoms with Gasteiger partial charge in [0.15, 0.2) is 0 Å². The van der Waals surface area contributed by atoms with E-state index in [1.54, 1.807) is 0 Å². The molecule has 0 aliphatic carbocycles. The molecule has 0 aliphatic heterocycles. The van der Waals surface area contributed by atoms with Gasteiger partial charge in [-0.3, -0.25) is 0 Å². The van der Waals surface area contributed by atoms with Gasteiger partial charge in [0.05, 0.1) is 0 Å². The van der Waals surface area contributed by atoms with E-state index in [9.17, 15) is 0 Å². The number of hydrogen-bond acceptors (Lipinski definition) is 1. The lowest BCUT2D eigenvalue weighted by atomic mass is 9.98. The third kappa shape index (κ3) is 3.13. The Morgan fingerprint density at radius 3 is 1.24 bits per heavy atom. The van der Waals surface area contributed by atoms with Crippen LogP contribution in [0.15, 0.2) is 121 Å². The molecule has 0 amide bonds. The van der Waals surface area contributed by atoms with E-state index in [0.717, 1.165) is 0 Å². The van der Waals surface area contributed by atoms with Crippen molar-refractivity contribution in [3.63, 3.8) is 0 Å². The summed E-state index contributed by atoms with van der Waals surface area (Å²) in [5.41, 5.74) is 5.05. The van der Waals surface area contributed by atoms with Gasteiger partial charge < -0.3 is 0 Å². The van der Waals surface area contributed by atoms with Crippen molar-refractivity contribution < 1.29 is 0 Å². The van der Waals surface area contributed by atoms with Crippen molar-refractivity contribution in [1.82, 2.24) is 0 Å². The van der Waals surface area contributed by atoms with Crippen LogP contribution < -0.4 is 0 Å². The fourth-order valence-corrected chi connectivity index (χ4v) is 6.05. The Balaban J connectivity index is 1.41. The Labute approximate surface area is 196 Å². The average Bonchev–Trinajstić information content (AvgIpc) is 3.22. The van der Waals surface area contributed by atoms with Crippen LogP contribution in [0.4, 0.5) is 0 Å². The summed E-state index contributed by atoms with van der Waals surface area (Å²) in [6, 6.07) is 44.3. The minimum Gasteiger partial charge on any atom is -0.135 e. The summed E-state index contributed by atoms with van der Waals surface area (Å²) in [5.74, 6) is 0. The fraction of sp³-hybridized carbons (Fsp3) is 0. The van der Waals surface area contributed by atoms with Gasteiger partial charge in [-0.25, -0.2) is 0 Å². The van der Waals surface area contributed by atoms with Crippen LogP contribution in [-0.2, 0) is 0 Å². The molecule has 1 heteroatoms. The molecule has 0 atom stereocenters. The highest BCUT2D eigenvalue weighted by molar-refractivity contribution is 7.26. The van der Waals surface area contributed by atoms with Crippen LogP contribution in [0.25, 0.3) is 64.0 Å². The monoisotopic (exact) mass is 436 g/mol. The van der Waals surface area contributed by atoms with E-state index < -0.39 is 0 Å². The van der Waals surface area contributed by atoms with Crippen molar-refractivity contribution >= 4 is 53.1 Å². The molecule has 0 nitrogen and oxygen atoms in total. The molecule has 154 valence electrons. The van der Waals surface area contributed by atoms with Crippen LogP contribution >= 0.6 is 11.3 Å². The third-order valence-corrected chi connectivity index (χ3v) is 7.72. The molecule has 0 unspecified atom stereocenters. The lowest BCUT2D eigenvalue weighted by molar-refractivity contribution is 1.65. The zero-order valence-electron chi connectivity index (χ0n) is 18.0. The number of hydrogen-bond donors (Lipinski definition) is 0. The second-order valence-corrected chi connectivity index (χ2v) is 9.74. The number of fused-ring (bicyclic) bond motifs is 5. The van der Waals surface area contributed by atoms with E-state index in [0.29, 0.717) is 0 Å². The molecule has 1 aromatic heterocycles. The van der Waals surface area contributed by atoms with Gasteiger partial charge in [0.25, 0.3) is 0 Å². The van der Waals surface area contributed by atoms with E-state index in [-0.39, 0.29) is 0 Å². The first-order chi connectivity index (χ1) is 16.3. The fourth-order valence-electron chi connectivity index (χ4n) is 4.88. The Bertz CT molecular complexity index is 1660. The smallest absolute Gasteiger partial charge is 0.0361 e. The molecule has 0 bridgehead atoms. The summed E-state index contributed by atoms with van der Waals surface area (Å²) in [5, 5.41) is 7.88. The molecule has 0 aliphatic rings. The maximum absolute atomic E-state index is 2.36. The highest BCUT2D eigenvalue weighted by Gasteiger charge is 2.10. The summed E-state index contributed by atoms with van der Waals surface area (Å²) >= 11 is 1.89. The summed E-state index contributed by atoms with van der Waals surface area (Å²) in [6.07, 6.45) is 0. The van der Waals surface area contributed by atoms with Crippen LogP contribution in [0, 0.1) is 0 Å². The van der Waals surface area contributed by atoms with Crippen molar-refractivity contribution in [3.8, 4) is 22.3 Å². The van der Waals surface area contributed by atoms with Gasteiger partial charge >= 0.3 is 0 Å². The molecule has 0 saturated heterocycles. The summed E-state index contributed by atoms with van der Waals surface area (Å²) in [4.78, 5) is 0. The van der Waals surface area contributed by atoms with Gasteiger partial charge in [-0.2, -0.15) is 0 Å². The highest BCUT2D eigenvalue weighted by atomic mass is 32.1. The maximum Gasteiger partial charge on any atom is 0.0361 e. The first-order valence-electron chi connectivity index (χ1n) is 11.3. The van der Waals surface area contributed by atoms with Crippen LogP contribution in [0.3, 0.4) is 0 Å². The second kappa shape index (κ2) is 7.30. The second-order valence-electron chi connectivity index (χ2n) is 8.65. The number of thiophene rings is 1. The third-order valence-electron chi connectivity index (χ3n) is 6.60. The van der Waals surface area contributed by atoms with Crippen molar-refractivity contribution in [1.29, 1.82) is 0 Å². The lowest BCUT2D eigenvalue weighted by Gasteiger charge is -2.06. The quantitative estimate of drug-likeness (QED) is 0.253. The van der Waals surface area contributed by atoms with Crippen LogP contribution in [-0.4, -0.2) is 0 Å². The molecule has 0 saturated carbocycles. The normalized spacial score (nSPS) is 11.6. The Morgan fingerprint density at radius 2 is 0.788 bits per heavy atom. The molecular formula is C32H20S. The van der Waals surface area contributed by atoms with E-state index in [1.807, 2.05) is 11.3 Å². The van der Waals surface area contributed by atoms with E-state index in [4.69, 9.17) is 0 Å². The summed E-state index contributed by atoms with van der Waals surface area (Å²) < 4.78 is 2.70. The zero-order valence-corrected chi connectivity index (χ0v) is 18.8. The maximum atomic E-state index is 2.36. The largest absolute Gasteiger partial charge is 0.135 e. The minimum atomic E-state index is 1.26. The SMILES string of the molecule is c1ccc(-c2ccc3cc4c(cc3c2)sc2cc3cc(-c5ccccc5)ccc3cc24)cc1. The van der Waals surface area contributed by atoms with Gasteiger partial charge in [-0.1, -0.05) is 84.9 Å². The first-order valence-corrected chi connectivity index (χ1v) is 12.1. The topological polar surface area (TPSA) is 0 Å². The molecule has 0 fully saturated rings. The molecule has 0 N–H and O–H groups in total. The van der Waals surface area contributed by atoms with Crippen molar-refractivity contribution in [2.45, 2.75) is 0 Å². The van der Waals surface area contributed by atoms with Crippen molar-refractivity contribution in [3.05, 3.63) is 121 Å². The first kappa shape index (κ1) is 18.6. The van der Waals surface area contributed by atoms with E-state index in [2.05, 4.69) is 121 Å². The van der Waals surface area contributed by atoms with Crippen LogP contribution in [0.5, 0.6) is 0 Å². The standard InChI is InChI=1S/C32H20S/c1-3-7-21(8-4-1)23-11-13-25-17-29-30-18-26-14-12-24(22-9-5-2-6-10-22)16-28(26)20-32(30)33-31(29)19-27(25)15-23/h1-20H. The molecule has 0 radical (unpaired) electrons.